The van der Waals surface area contributed by atoms with Gasteiger partial charge in [0, 0.05) is 18.8 Å². The van der Waals surface area contributed by atoms with E-state index in [1.54, 1.807) is 0 Å². The molecular weight excluding hydrogens is 186 g/mol. The van der Waals surface area contributed by atoms with Gasteiger partial charge in [-0.05, 0) is 44.4 Å². The molecule has 1 aliphatic carbocycles. The molecule has 1 aliphatic heterocycles. The van der Waals surface area contributed by atoms with Crippen LogP contribution in [0.1, 0.15) is 26.2 Å². The fraction of sp³-hybridized carbons (Fsp3) is 0.538. The van der Waals surface area contributed by atoms with Crippen LogP contribution >= 0.6 is 0 Å². The molecule has 1 fully saturated rings. The summed E-state index contributed by atoms with van der Waals surface area (Å²) in [4.78, 5) is 2.36. The Morgan fingerprint density at radius 3 is 2.67 bits per heavy atom. The Balaban J connectivity index is 2.16. The van der Waals surface area contributed by atoms with E-state index in [1.165, 1.54) is 19.3 Å². The molecule has 0 aromatic rings. The molecule has 1 unspecified atom stereocenters. The molecule has 2 rings (SSSR count). The van der Waals surface area contributed by atoms with E-state index in [4.69, 9.17) is 0 Å². The van der Waals surface area contributed by atoms with Crippen LogP contribution in [0.25, 0.3) is 0 Å². The topological polar surface area (TPSA) is 23.5 Å². The van der Waals surface area contributed by atoms with Gasteiger partial charge in [-0.2, -0.15) is 0 Å². The van der Waals surface area contributed by atoms with Gasteiger partial charge in [-0.25, -0.2) is 0 Å². The molecule has 1 saturated heterocycles. The number of nitrogens with zero attached hydrogens (tertiary/aromatic N) is 1. The molecule has 1 heterocycles. The van der Waals surface area contributed by atoms with Gasteiger partial charge >= 0.3 is 0 Å². The van der Waals surface area contributed by atoms with Gasteiger partial charge in [0.15, 0.2) is 0 Å². The standard InChI is InChI=1S/C13H19NO/c1-13(15)8-4-3-7-12(11-13)14-9-5-2-6-10-14/h3-4,7-8,11,15H,2,5-6,9-10H2,1H3. The van der Waals surface area contributed by atoms with Crippen molar-refractivity contribution in [2.45, 2.75) is 31.8 Å². The second-order valence-corrected chi connectivity index (χ2v) is 4.56. The Kier molecular flexibility index (Phi) is 2.96. The highest BCUT2D eigenvalue weighted by molar-refractivity contribution is 5.31. The minimum atomic E-state index is -0.809. The molecule has 0 aromatic heterocycles. The third kappa shape index (κ3) is 2.72. The summed E-state index contributed by atoms with van der Waals surface area (Å²) in [5.41, 5.74) is 0.348. The zero-order chi connectivity index (χ0) is 10.7. The summed E-state index contributed by atoms with van der Waals surface area (Å²) in [6, 6.07) is 0. The second kappa shape index (κ2) is 4.23. The van der Waals surface area contributed by atoms with Crippen molar-refractivity contribution in [2.75, 3.05) is 13.1 Å². The van der Waals surface area contributed by atoms with Crippen LogP contribution in [0.2, 0.25) is 0 Å². The first-order valence-electron chi connectivity index (χ1n) is 5.73. The number of allylic oxidation sites excluding steroid dienone is 3. The fourth-order valence-electron chi connectivity index (χ4n) is 2.15. The maximum Gasteiger partial charge on any atom is 0.101 e. The quantitative estimate of drug-likeness (QED) is 0.709. The molecule has 0 bridgehead atoms. The van der Waals surface area contributed by atoms with Crippen molar-refractivity contribution in [1.29, 1.82) is 0 Å². The minimum Gasteiger partial charge on any atom is -0.382 e. The van der Waals surface area contributed by atoms with E-state index in [2.05, 4.69) is 11.0 Å². The number of hydrogen-bond donors (Lipinski definition) is 1. The Bertz CT molecular complexity index is 306. The fourth-order valence-corrected chi connectivity index (χ4v) is 2.15. The van der Waals surface area contributed by atoms with Crippen molar-refractivity contribution in [3.05, 3.63) is 36.1 Å². The third-order valence-corrected chi connectivity index (χ3v) is 2.97. The first-order valence-corrected chi connectivity index (χ1v) is 5.73. The highest BCUT2D eigenvalue weighted by Gasteiger charge is 2.18. The highest BCUT2D eigenvalue weighted by atomic mass is 16.3. The van der Waals surface area contributed by atoms with Crippen LogP contribution in [0.5, 0.6) is 0 Å². The van der Waals surface area contributed by atoms with Gasteiger partial charge in [0.25, 0.3) is 0 Å². The van der Waals surface area contributed by atoms with E-state index in [-0.39, 0.29) is 0 Å². The van der Waals surface area contributed by atoms with E-state index in [9.17, 15) is 5.11 Å². The van der Waals surface area contributed by atoms with Gasteiger partial charge in [-0.1, -0.05) is 12.2 Å². The molecule has 2 heteroatoms. The van der Waals surface area contributed by atoms with Crippen molar-refractivity contribution >= 4 is 0 Å². The monoisotopic (exact) mass is 205 g/mol. The molecule has 1 N–H and O–H groups in total. The van der Waals surface area contributed by atoms with Gasteiger partial charge in [0.05, 0.1) is 0 Å². The second-order valence-electron chi connectivity index (χ2n) is 4.56. The van der Waals surface area contributed by atoms with Gasteiger partial charge in [0.1, 0.15) is 5.60 Å². The van der Waals surface area contributed by atoms with E-state index >= 15 is 0 Å². The van der Waals surface area contributed by atoms with Crippen LogP contribution in [0.15, 0.2) is 36.1 Å². The lowest BCUT2D eigenvalue weighted by molar-refractivity contribution is 0.159. The maximum atomic E-state index is 10.0. The van der Waals surface area contributed by atoms with E-state index in [0.717, 1.165) is 18.8 Å². The van der Waals surface area contributed by atoms with Crippen molar-refractivity contribution in [2.24, 2.45) is 0 Å². The molecule has 2 nitrogen and oxygen atoms in total. The van der Waals surface area contributed by atoms with Crippen molar-refractivity contribution in [3.8, 4) is 0 Å². The molecule has 1 atom stereocenters. The van der Waals surface area contributed by atoms with Crippen LogP contribution in [0.4, 0.5) is 0 Å². The average Bonchev–Trinajstić information content (AvgIpc) is 2.41. The summed E-state index contributed by atoms with van der Waals surface area (Å²) < 4.78 is 0. The number of aliphatic hydroxyl groups is 1. The van der Waals surface area contributed by atoms with E-state index in [1.807, 2.05) is 31.2 Å². The summed E-state index contributed by atoms with van der Waals surface area (Å²) in [6.07, 6.45) is 13.6. The average molecular weight is 205 g/mol. The minimum absolute atomic E-state index is 0.809. The molecule has 0 radical (unpaired) electrons. The van der Waals surface area contributed by atoms with E-state index in [0.29, 0.717) is 0 Å². The zero-order valence-corrected chi connectivity index (χ0v) is 9.32. The van der Waals surface area contributed by atoms with Crippen LogP contribution in [0, 0.1) is 0 Å². The largest absolute Gasteiger partial charge is 0.382 e. The number of rotatable bonds is 1. The lowest BCUT2D eigenvalue weighted by atomic mass is 10.0. The zero-order valence-electron chi connectivity index (χ0n) is 9.32. The van der Waals surface area contributed by atoms with Gasteiger partial charge in [0.2, 0.25) is 0 Å². The van der Waals surface area contributed by atoms with Crippen molar-refractivity contribution in [1.82, 2.24) is 4.90 Å². The van der Waals surface area contributed by atoms with Gasteiger partial charge < -0.3 is 10.0 Å². The van der Waals surface area contributed by atoms with Gasteiger partial charge in [-0.15, -0.1) is 0 Å². The van der Waals surface area contributed by atoms with Crippen molar-refractivity contribution in [3.63, 3.8) is 0 Å². The van der Waals surface area contributed by atoms with E-state index < -0.39 is 5.60 Å². The summed E-state index contributed by atoms with van der Waals surface area (Å²) in [7, 11) is 0. The Hall–Kier alpha value is -1.02. The SMILES string of the molecule is CC1(O)C=CC=CC(N2CCCCC2)=C1. The molecule has 0 amide bonds. The number of piperidine rings is 1. The lowest BCUT2D eigenvalue weighted by Gasteiger charge is -2.30. The lowest BCUT2D eigenvalue weighted by Crippen LogP contribution is -2.30. The summed E-state index contributed by atoms with van der Waals surface area (Å²) in [5.74, 6) is 0. The first-order chi connectivity index (χ1) is 7.17. The molecular formula is C13H19NO. The molecule has 2 aliphatic rings. The predicted octanol–water partition coefficient (Wildman–Crippen LogP) is 2.23. The van der Waals surface area contributed by atoms with Crippen LogP contribution < -0.4 is 0 Å². The molecule has 0 saturated carbocycles. The molecule has 0 aromatic carbocycles. The summed E-state index contributed by atoms with van der Waals surface area (Å²) >= 11 is 0. The van der Waals surface area contributed by atoms with Crippen LogP contribution in [0.3, 0.4) is 0 Å². The Labute approximate surface area is 91.6 Å². The molecule has 82 valence electrons. The van der Waals surface area contributed by atoms with Crippen LogP contribution in [-0.2, 0) is 0 Å². The Morgan fingerprint density at radius 2 is 1.93 bits per heavy atom. The predicted molar refractivity (Wildman–Crippen MR) is 62.4 cm³/mol. The molecule has 15 heavy (non-hydrogen) atoms. The number of likely N-dealkylation sites (tertiary alicyclic amines) is 1. The normalized spacial score (nSPS) is 31.3. The number of hydrogen-bond acceptors (Lipinski definition) is 2. The molecule has 0 spiro atoms. The maximum absolute atomic E-state index is 10.0. The highest BCUT2D eigenvalue weighted by Crippen LogP contribution is 2.21. The smallest absolute Gasteiger partial charge is 0.101 e. The van der Waals surface area contributed by atoms with Crippen molar-refractivity contribution < 1.29 is 5.11 Å². The first kappa shape index (κ1) is 10.5. The Morgan fingerprint density at radius 1 is 1.20 bits per heavy atom. The summed E-state index contributed by atoms with van der Waals surface area (Å²) in [6.45, 7) is 4.05. The van der Waals surface area contributed by atoms with Crippen LogP contribution in [-0.4, -0.2) is 28.7 Å². The third-order valence-electron chi connectivity index (χ3n) is 2.97. The summed E-state index contributed by atoms with van der Waals surface area (Å²) in [5, 5.41) is 10.0. The van der Waals surface area contributed by atoms with Gasteiger partial charge in [-0.3, -0.25) is 0 Å².